The van der Waals surface area contributed by atoms with Crippen LogP contribution in [0, 0.1) is 0 Å². The molecular weight excluding hydrogens is 461 g/mol. The SMILES string of the molecule is O=C(CCNC(=O)c1cccc(C(F)(F)F)c1)NC1CN(C2CCC(c3cc(=O)cc[nH]3)CC2)C1. The second-order valence-electron chi connectivity index (χ2n) is 9.29. The quantitative estimate of drug-likeness (QED) is 0.556. The topological polar surface area (TPSA) is 94.3 Å². The van der Waals surface area contributed by atoms with Crippen molar-refractivity contribution in [3.8, 4) is 0 Å². The van der Waals surface area contributed by atoms with E-state index in [1.54, 1.807) is 12.3 Å². The number of nitrogens with zero attached hydrogens (tertiary/aromatic N) is 1. The fraction of sp³-hybridized carbons (Fsp3) is 0.480. The summed E-state index contributed by atoms with van der Waals surface area (Å²) in [5.74, 6) is -0.465. The lowest BCUT2D eigenvalue weighted by Crippen LogP contribution is -2.62. The van der Waals surface area contributed by atoms with E-state index in [0.29, 0.717) is 12.0 Å². The van der Waals surface area contributed by atoms with E-state index in [2.05, 4.69) is 20.5 Å². The Morgan fingerprint density at radius 3 is 2.49 bits per heavy atom. The number of aromatic nitrogens is 1. The Hall–Kier alpha value is -3.14. The van der Waals surface area contributed by atoms with Gasteiger partial charge in [0, 0.05) is 61.7 Å². The van der Waals surface area contributed by atoms with Crippen LogP contribution in [0.5, 0.6) is 0 Å². The number of halogens is 3. The van der Waals surface area contributed by atoms with Crippen LogP contribution in [-0.2, 0) is 11.0 Å². The Balaban J connectivity index is 1.13. The number of carbonyl (C=O) groups excluding carboxylic acids is 2. The Labute approximate surface area is 201 Å². The first-order valence-corrected chi connectivity index (χ1v) is 11.9. The summed E-state index contributed by atoms with van der Waals surface area (Å²) in [5, 5.41) is 5.45. The molecule has 2 heterocycles. The van der Waals surface area contributed by atoms with Crippen molar-refractivity contribution in [3.05, 3.63) is 69.6 Å². The number of carbonyl (C=O) groups is 2. The smallest absolute Gasteiger partial charge is 0.365 e. The average molecular weight is 491 g/mol. The van der Waals surface area contributed by atoms with E-state index in [4.69, 9.17) is 0 Å². The molecular formula is C25H29F3N4O3. The third-order valence-electron chi connectivity index (χ3n) is 6.81. The molecule has 1 aromatic carbocycles. The summed E-state index contributed by atoms with van der Waals surface area (Å²) in [4.78, 5) is 41.4. The first-order valence-electron chi connectivity index (χ1n) is 11.9. The van der Waals surface area contributed by atoms with Gasteiger partial charge in [-0.15, -0.1) is 0 Å². The molecule has 2 aliphatic rings. The number of benzene rings is 1. The van der Waals surface area contributed by atoms with Crippen molar-refractivity contribution in [1.29, 1.82) is 0 Å². The fourth-order valence-corrected chi connectivity index (χ4v) is 4.88. The van der Waals surface area contributed by atoms with Gasteiger partial charge < -0.3 is 15.6 Å². The second kappa shape index (κ2) is 10.6. The largest absolute Gasteiger partial charge is 0.416 e. The van der Waals surface area contributed by atoms with Crippen LogP contribution in [0.25, 0.3) is 0 Å². The first kappa shape index (κ1) is 25.0. The third kappa shape index (κ3) is 6.50. The van der Waals surface area contributed by atoms with E-state index in [1.807, 2.05) is 0 Å². The molecule has 3 N–H and O–H groups in total. The number of hydrogen-bond donors (Lipinski definition) is 3. The normalized spacial score (nSPS) is 21.2. The molecule has 0 spiro atoms. The summed E-state index contributed by atoms with van der Waals surface area (Å²) in [5.41, 5.74) is 0.0476. The molecule has 4 rings (SSSR count). The van der Waals surface area contributed by atoms with Crippen LogP contribution in [-0.4, -0.2) is 53.4 Å². The van der Waals surface area contributed by atoms with Crippen LogP contribution >= 0.6 is 0 Å². The molecule has 0 radical (unpaired) electrons. The number of pyridine rings is 1. The Bertz CT molecular complexity index is 1100. The van der Waals surface area contributed by atoms with Gasteiger partial charge in [0.2, 0.25) is 5.91 Å². The predicted molar refractivity (Wildman–Crippen MR) is 124 cm³/mol. The molecule has 1 saturated heterocycles. The van der Waals surface area contributed by atoms with Gasteiger partial charge in [-0.25, -0.2) is 0 Å². The van der Waals surface area contributed by atoms with Gasteiger partial charge in [0.15, 0.2) is 5.43 Å². The molecule has 0 unspecified atom stereocenters. The van der Waals surface area contributed by atoms with Crippen molar-refractivity contribution >= 4 is 11.8 Å². The molecule has 35 heavy (non-hydrogen) atoms. The zero-order chi connectivity index (χ0) is 25.0. The molecule has 1 saturated carbocycles. The minimum absolute atomic E-state index is 0.0254. The summed E-state index contributed by atoms with van der Waals surface area (Å²) in [6, 6.07) is 7.93. The van der Waals surface area contributed by atoms with Crippen LogP contribution in [0.15, 0.2) is 47.4 Å². The maximum absolute atomic E-state index is 12.8. The maximum Gasteiger partial charge on any atom is 0.416 e. The number of hydrogen-bond acceptors (Lipinski definition) is 4. The molecule has 2 fully saturated rings. The molecule has 2 aromatic rings. The van der Waals surface area contributed by atoms with Crippen molar-refractivity contribution in [1.82, 2.24) is 20.5 Å². The number of likely N-dealkylation sites (tertiary alicyclic amines) is 1. The minimum atomic E-state index is -4.52. The number of amides is 2. The van der Waals surface area contributed by atoms with Gasteiger partial charge in [0.1, 0.15) is 0 Å². The Kier molecular flexibility index (Phi) is 7.59. The van der Waals surface area contributed by atoms with Gasteiger partial charge >= 0.3 is 6.18 Å². The lowest BCUT2D eigenvalue weighted by molar-refractivity contribution is -0.137. The lowest BCUT2D eigenvalue weighted by Gasteiger charge is -2.46. The fourth-order valence-electron chi connectivity index (χ4n) is 4.88. The Morgan fingerprint density at radius 2 is 1.80 bits per heavy atom. The lowest BCUT2D eigenvalue weighted by atomic mass is 9.82. The number of H-pyrrole nitrogens is 1. The van der Waals surface area contributed by atoms with Crippen molar-refractivity contribution in [2.24, 2.45) is 0 Å². The monoisotopic (exact) mass is 490 g/mol. The highest BCUT2D eigenvalue weighted by molar-refractivity contribution is 5.94. The summed E-state index contributed by atoms with van der Waals surface area (Å²) >= 11 is 0. The average Bonchev–Trinajstić information content (AvgIpc) is 2.81. The van der Waals surface area contributed by atoms with Gasteiger partial charge in [-0.3, -0.25) is 19.3 Å². The van der Waals surface area contributed by atoms with Crippen molar-refractivity contribution in [2.45, 2.75) is 56.3 Å². The summed E-state index contributed by atoms with van der Waals surface area (Å²) in [6.07, 6.45) is 1.36. The zero-order valence-corrected chi connectivity index (χ0v) is 19.2. The number of alkyl halides is 3. The Morgan fingerprint density at radius 1 is 1.06 bits per heavy atom. The van der Waals surface area contributed by atoms with E-state index in [1.165, 1.54) is 18.2 Å². The molecule has 188 valence electrons. The van der Waals surface area contributed by atoms with Crippen LogP contribution in [0.3, 0.4) is 0 Å². The highest BCUT2D eigenvalue weighted by Crippen LogP contribution is 2.35. The van der Waals surface area contributed by atoms with Crippen molar-refractivity contribution in [2.75, 3.05) is 19.6 Å². The van der Waals surface area contributed by atoms with Crippen molar-refractivity contribution < 1.29 is 22.8 Å². The standard InChI is InChI=1S/C25H29F3N4O3/c26-25(27,28)18-3-1-2-17(12-18)24(35)30-11-9-23(34)31-19-14-32(15-19)20-6-4-16(5-7-20)22-13-21(33)8-10-29-22/h1-3,8,10,12-13,16,19-20H,4-7,9,11,14-15H2,(H,29,33)(H,30,35)(H,31,34). The summed E-state index contributed by atoms with van der Waals surface area (Å²) in [7, 11) is 0. The van der Waals surface area contributed by atoms with Gasteiger partial charge in [-0.2, -0.15) is 13.2 Å². The molecule has 10 heteroatoms. The van der Waals surface area contributed by atoms with Crippen LogP contribution in [0.2, 0.25) is 0 Å². The van der Waals surface area contributed by atoms with E-state index >= 15 is 0 Å². The van der Waals surface area contributed by atoms with Gasteiger partial charge in [0.25, 0.3) is 5.91 Å². The zero-order valence-electron chi connectivity index (χ0n) is 19.2. The van der Waals surface area contributed by atoms with Crippen LogP contribution in [0.1, 0.15) is 59.6 Å². The number of nitrogens with one attached hydrogen (secondary N) is 3. The van der Waals surface area contributed by atoms with E-state index in [-0.39, 0.29) is 35.9 Å². The van der Waals surface area contributed by atoms with E-state index in [0.717, 1.165) is 56.6 Å². The number of aromatic amines is 1. The molecule has 2 amide bonds. The molecule has 7 nitrogen and oxygen atoms in total. The molecule has 0 atom stereocenters. The molecule has 0 bridgehead atoms. The molecule has 1 aliphatic carbocycles. The van der Waals surface area contributed by atoms with Gasteiger partial charge in [-0.1, -0.05) is 6.07 Å². The van der Waals surface area contributed by atoms with E-state index < -0.39 is 17.6 Å². The highest BCUT2D eigenvalue weighted by atomic mass is 19.4. The van der Waals surface area contributed by atoms with Crippen LogP contribution < -0.4 is 16.1 Å². The highest BCUT2D eigenvalue weighted by Gasteiger charge is 2.35. The number of rotatable bonds is 7. The van der Waals surface area contributed by atoms with Gasteiger partial charge in [0.05, 0.1) is 11.6 Å². The maximum atomic E-state index is 12.8. The second-order valence-corrected chi connectivity index (χ2v) is 9.29. The predicted octanol–water partition coefficient (Wildman–Crippen LogP) is 3.04. The van der Waals surface area contributed by atoms with E-state index in [9.17, 15) is 27.6 Å². The third-order valence-corrected chi connectivity index (χ3v) is 6.81. The van der Waals surface area contributed by atoms with Gasteiger partial charge in [-0.05, 0) is 49.8 Å². The first-order chi connectivity index (χ1) is 16.7. The minimum Gasteiger partial charge on any atom is -0.365 e. The summed E-state index contributed by atoms with van der Waals surface area (Å²) in [6.45, 7) is 1.60. The van der Waals surface area contributed by atoms with Crippen molar-refractivity contribution in [3.63, 3.8) is 0 Å². The van der Waals surface area contributed by atoms with Crippen LogP contribution in [0.4, 0.5) is 13.2 Å². The molecule has 1 aliphatic heterocycles. The molecule has 1 aromatic heterocycles. The summed E-state index contributed by atoms with van der Waals surface area (Å²) < 4.78 is 38.4.